The molecule has 2 atom stereocenters. The van der Waals surface area contributed by atoms with Crippen LogP contribution in [0.3, 0.4) is 0 Å². The smallest absolute Gasteiger partial charge is 0.321 e. The molecule has 0 unspecified atom stereocenters. The second-order valence-corrected chi connectivity index (χ2v) is 7.89. The number of hydrogen-bond donors (Lipinski definition) is 0. The average molecular weight is 468 g/mol. The van der Waals surface area contributed by atoms with Gasteiger partial charge in [-0.15, -0.1) is 0 Å². The van der Waals surface area contributed by atoms with Crippen molar-refractivity contribution in [2.75, 3.05) is 46.0 Å². The minimum absolute atomic E-state index is 0.163. The van der Waals surface area contributed by atoms with Crippen LogP contribution < -0.4 is 14.4 Å². The van der Waals surface area contributed by atoms with E-state index in [0.29, 0.717) is 42.6 Å². The molecular formula is C25H29N3O6. The number of amides is 1. The van der Waals surface area contributed by atoms with Gasteiger partial charge in [-0.1, -0.05) is 12.1 Å². The average Bonchev–Trinajstić information content (AvgIpc) is 3.24. The molecule has 0 spiro atoms. The van der Waals surface area contributed by atoms with Gasteiger partial charge in [0, 0.05) is 31.9 Å². The Hall–Kier alpha value is -3.59. The summed E-state index contributed by atoms with van der Waals surface area (Å²) in [6, 6.07) is 12.3. The number of rotatable bonds is 9. The zero-order valence-electron chi connectivity index (χ0n) is 19.8. The molecule has 0 N–H and O–H groups in total. The van der Waals surface area contributed by atoms with Crippen LogP contribution in [0.2, 0.25) is 0 Å². The zero-order valence-corrected chi connectivity index (χ0v) is 19.8. The Morgan fingerprint density at radius 2 is 1.88 bits per heavy atom. The molecule has 0 saturated heterocycles. The van der Waals surface area contributed by atoms with Gasteiger partial charge in [-0.25, -0.2) is 4.98 Å². The van der Waals surface area contributed by atoms with Gasteiger partial charge >= 0.3 is 5.97 Å². The Bertz CT molecular complexity index is 1190. The number of para-hydroxylation sites is 2. The van der Waals surface area contributed by atoms with Crippen LogP contribution in [0, 0.1) is 5.92 Å². The van der Waals surface area contributed by atoms with Gasteiger partial charge in [0.1, 0.15) is 11.5 Å². The molecule has 9 heteroatoms. The number of nitrogens with zero attached hydrogens (tertiary/aromatic N) is 3. The van der Waals surface area contributed by atoms with Gasteiger partial charge in [-0.2, -0.15) is 0 Å². The number of aromatic nitrogens is 2. The third-order valence-electron chi connectivity index (χ3n) is 5.97. The molecule has 1 aliphatic heterocycles. The van der Waals surface area contributed by atoms with Crippen molar-refractivity contribution >= 4 is 28.9 Å². The van der Waals surface area contributed by atoms with Crippen molar-refractivity contribution in [1.82, 2.24) is 9.55 Å². The molecule has 2 heterocycles. The Morgan fingerprint density at radius 1 is 1.09 bits per heavy atom. The van der Waals surface area contributed by atoms with Gasteiger partial charge in [0.05, 0.1) is 37.9 Å². The summed E-state index contributed by atoms with van der Waals surface area (Å²) in [7, 11) is 4.73. The van der Waals surface area contributed by atoms with E-state index in [1.165, 1.54) is 0 Å². The first-order valence-corrected chi connectivity index (χ1v) is 11.2. The number of ether oxygens (including phenoxy) is 4. The second kappa shape index (κ2) is 10.1. The maximum absolute atomic E-state index is 13.8. The second-order valence-electron chi connectivity index (χ2n) is 7.89. The first kappa shape index (κ1) is 23.6. The fraction of sp³-hybridized carbons (Fsp3) is 0.400. The lowest BCUT2D eigenvalue weighted by Gasteiger charge is -2.38. The van der Waals surface area contributed by atoms with Crippen LogP contribution in [0.5, 0.6) is 11.5 Å². The van der Waals surface area contributed by atoms with E-state index in [1.807, 2.05) is 34.9 Å². The van der Waals surface area contributed by atoms with Crippen molar-refractivity contribution in [2.24, 2.45) is 5.92 Å². The predicted octanol–water partition coefficient (Wildman–Crippen LogP) is 3.21. The molecule has 34 heavy (non-hydrogen) atoms. The SMILES string of the molecule is CCOC(=O)[C@@H]1C(=O)N(CCCOC)c2nc3ccccc3n2[C@H]1c1ccc(OC)cc1OC. The molecule has 1 aromatic heterocycles. The standard InChI is InChI=1S/C25H29N3O6/c1-5-34-24(30)21-22(17-12-11-16(32-3)15-20(17)33-4)28-19-10-7-6-9-18(19)26-25(28)27(23(21)29)13-8-14-31-2/h6-7,9-12,15,21-22H,5,8,13-14H2,1-4H3/t21-,22-/m0/s1. The van der Waals surface area contributed by atoms with Crippen LogP contribution in [0.15, 0.2) is 42.5 Å². The summed E-state index contributed by atoms with van der Waals surface area (Å²) < 4.78 is 23.5. The summed E-state index contributed by atoms with van der Waals surface area (Å²) in [4.78, 5) is 33.5. The number of methoxy groups -OCH3 is 3. The van der Waals surface area contributed by atoms with E-state index in [0.717, 1.165) is 11.0 Å². The van der Waals surface area contributed by atoms with Gasteiger partial charge < -0.3 is 23.5 Å². The van der Waals surface area contributed by atoms with Gasteiger partial charge in [-0.3, -0.25) is 14.5 Å². The first-order valence-electron chi connectivity index (χ1n) is 11.2. The summed E-state index contributed by atoms with van der Waals surface area (Å²) in [5.74, 6) is -0.480. The number of carbonyl (C=O) groups is 2. The molecule has 1 aliphatic rings. The number of fused-ring (bicyclic) bond motifs is 3. The Labute approximate surface area is 198 Å². The van der Waals surface area contributed by atoms with Crippen LogP contribution in [0.25, 0.3) is 11.0 Å². The molecule has 180 valence electrons. The van der Waals surface area contributed by atoms with E-state index in [9.17, 15) is 9.59 Å². The lowest BCUT2D eigenvalue weighted by atomic mass is 9.88. The maximum atomic E-state index is 13.8. The molecule has 3 aromatic rings. The molecule has 4 rings (SSSR count). The fourth-order valence-electron chi connectivity index (χ4n) is 4.47. The van der Waals surface area contributed by atoms with Gasteiger partial charge in [0.25, 0.3) is 0 Å². The molecule has 0 radical (unpaired) electrons. The van der Waals surface area contributed by atoms with Gasteiger partial charge in [0.2, 0.25) is 11.9 Å². The van der Waals surface area contributed by atoms with Crippen LogP contribution >= 0.6 is 0 Å². The summed E-state index contributed by atoms with van der Waals surface area (Å²) in [6.45, 7) is 2.72. The largest absolute Gasteiger partial charge is 0.497 e. The Balaban J connectivity index is 1.98. The third kappa shape index (κ3) is 4.07. The summed E-state index contributed by atoms with van der Waals surface area (Å²) >= 11 is 0. The number of hydrogen-bond acceptors (Lipinski definition) is 7. The zero-order chi connectivity index (χ0) is 24.2. The lowest BCUT2D eigenvalue weighted by Crippen LogP contribution is -2.50. The van der Waals surface area contributed by atoms with Crippen molar-refractivity contribution in [2.45, 2.75) is 19.4 Å². The number of carbonyl (C=O) groups excluding carboxylic acids is 2. The van der Waals surface area contributed by atoms with Crippen molar-refractivity contribution in [3.63, 3.8) is 0 Å². The quantitative estimate of drug-likeness (QED) is 0.271. The van der Waals surface area contributed by atoms with Crippen molar-refractivity contribution in [3.8, 4) is 11.5 Å². The van der Waals surface area contributed by atoms with E-state index in [4.69, 9.17) is 23.9 Å². The molecule has 0 bridgehead atoms. The number of anilines is 1. The Morgan fingerprint density at radius 3 is 2.59 bits per heavy atom. The minimum atomic E-state index is -1.12. The number of benzene rings is 2. The van der Waals surface area contributed by atoms with Crippen molar-refractivity contribution in [1.29, 1.82) is 0 Å². The normalized spacial score (nSPS) is 17.5. The van der Waals surface area contributed by atoms with Crippen LogP contribution in [-0.4, -0.2) is 62.5 Å². The molecule has 2 aromatic carbocycles. The number of esters is 1. The molecule has 0 saturated carbocycles. The van der Waals surface area contributed by atoms with E-state index in [1.54, 1.807) is 45.3 Å². The Kier molecular flexibility index (Phi) is 7.02. The number of imidazole rings is 1. The summed E-state index contributed by atoms with van der Waals surface area (Å²) in [5.41, 5.74) is 2.19. The van der Waals surface area contributed by atoms with Crippen molar-refractivity contribution < 1.29 is 28.5 Å². The highest BCUT2D eigenvalue weighted by atomic mass is 16.5. The van der Waals surface area contributed by atoms with Crippen LogP contribution in [-0.2, 0) is 19.1 Å². The highest BCUT2D eigenvalue weighted by Crippen LogP contribution is 2.44. The molecular weight excluding hydrogens is 438 g/mol. The van der Waals surface area contributed by atoms with Crippen LogP contribution in [0.1, 0.15) is 24.9 Å². The lowest BCUT2D eigenvalue weighted by molar-refractivity contribution is -0.153. The monoisotopic (exact) mass is 467 g/mol. The fourth-order valence-corrected chi connectivity index (χ4v) is 4.47. The minimum Gasteiger partial charge on any atom is -0.497 e. The molecule has 0 fully saturated rings. The molecule has 9 nitrogen and oxygen atoms in total. The van der Waals surface area contributed by atoms with Gasteiger partial charge in [-0.05, 0) is 37.6 Å². The summed E-state index contributed by atoms with van der Waals surface area (Å²) in [6.07, 6.45) is 0.595. The predicted molar refractivity (Wildman–Crippen MR) is 126 cm³/mol. The summed E-state index contributed by atoms with van der Waals surface area (Å²) in [5, 5.41) is 0. The molecule has 1 amide bonds. The van der Waals surface area contributed by atoms with E-state index in [2.05, 4.69) is 0 Å². The van der Waals surface area contributed by atoms with Gasteiger partial charge in [0.15, 0.2) is 5.92 Å². The van der Waals surface area contributed by atoms with E-state index in [-0.39, 0.29) is 12.5 Å². The van der Waals surface area contributed by atoms with Crippen LogP contribution in [0.4, 0.5) is 5.95 Å². The third-order valence-corrected chi connectivity index (χ3v) is 5.97. The maximum Gasteiger partial charge on any atom is 0.321 e. The highest BCUT2D eigenvalue weighted by molar-refractivity contribution is 6.08. The topological polar surface area (TPSA) is 92.1 Å². The molecule has 0 aliphatic carbocycles. The van der Waals surface area contributed by atoms with E-state index >= 15 is 0 Å². The first-order chi connectivity index (χ1) is 16.5. The van der Waals surface area contributed by atoms with E-state index < -0.39 is 17.9 Å². The highest BCUT2D eigenvalue weighted by Gasteiger charge is 2.48. The van der Waals surface area contributed by atoms with Crippen molar-refractivity contribution in [3.05, 3.63) is 48.0 Å².